The second-order valence-electron chi connectivity index (χ2n) is 4.23. The van der Waals surface area contributed by atoms with E-state index in [4.69, 9.17) is 9.47 Å². The van der Waals surface area contributed by atoms with Crippen LogP contribution in [0.15, 0.2) is 48.7 Å². The summed E-state index contributed by atoms with van der Waals surface area (Å²) in [5, 5.41) is 9.52. The molecule has 0 spiro atoms. The Kier molecular flexibility index (Phi) is 3.26. The number of hydrogen-bond donors (Lipinski definition) is 1. The summed E-state index contributed by atoms with van der Waals surface area (Å²) in [5.41, 5.74) is 1.35. The molecule has 0 atom stereocenters. The van der Waals surface area contributed by atoms with Crippen LogP contribution in [-0.4, -0.2) is 21.6 Å². The van der Waals surface area contributed by atoms with Crippen LogP contribution in [-0.2, 0) is 6.61 Å². The lowest BCUT2D eigenvalue weighted by molar-refractivity contribution is 0.269. The van der Waals surface area contributed by atoms with Gasteiger partial charge in [0.05, 0.1) is 13.7 Å². The van der Waals surface area contributed by atoms with Gasteiger partial charge in [-0.3, -0.25) is 4.40 Å². The molecule has 0 saturated carbocycles. The molecule has 2 heterocycles. The van der Waals surface area contributed by atoms with Crippen LogP contribution in [0.25, 0.3) is 5.65 Å². The van der Waals surface area contributed by atoms with Crippen LogP contribution in [0.1, 0.15) is 5.69 Å². The fraction of sp³-hybridized carbons (Fsp3) is 0.133. The third kappa shape index (κ3) is 2.19. The van der Waals surface area contributed by atoms with E-state index in [2.05, 4.69) is 4.98 Å². The third-order valence-corrected chi connectivity index (χ3v) is 3.00. The molecule has 5 nitrogen and oxygen atoms in total. The zero-order valence-electron chi connectivity index (χ0n) is 11.0. The molecular formula is C15H14N2O3. The van der Waals surface area contributed by atoms with E-state index in [0.29, 0.717) is 23.1 Å². The summed E-state index contributed by atoms with van der Waals surface area (Å²) in [4.78, 5) is 4.37. The Morgan fingerprint density at radius 3 is 2.80 bits per heavy atom. The monoisotopic (exact) mass is 270 g/mol. The van der Waals surface area contributed by atoms with E-state index < -0.39 is 0 Å². The maximum atomic E-state index is 9.52. The highest BCUT2D eigenvalue weighted by molar-refractivity contribution is 5.47. The molecule has 2 aromatic heterocycles. The Balaban J connectivity index is 2.01. The number of aliphatic hydroxyl groups is 1. The molecule has 0 saturated heterocycles. The van der Waals surface area contributed by atoms with E-state index in [9.17, 15) is 5.11 Å². The van der Waals surface area contributed by atoms with Gasteiger partial charge in [-0.15, -0.1) is 0 Å². The van der Waals surface area contributed by atoms with Crippen molar-refractivity contribution < 1.29 is 14.6 Å². The maximum absolute atomic E-state index is 9.52. The summed E-state index contributed by atoms with van der Waals surface area (Å²) in [6.07, 6.45) is 1.84. The lowest BCUT2D eigenvalue weighted by Crippen LogP contribution is -1.94. The van der Waals surface area contributed by atoms with Crippen molar-refractivity contribution in [1.29, 1.82) is 0 Å². The Hall–Kier alpha value is -2.53. The van der Waals surface area contributed by atoms with Crippen molar-refractivity contribution in [2.75, 3.05) is 7.11 Å². The second kappa shape index (κ2) is 5.22. The Bertz CT molecular complexity index is 737. The quantitative estimate of drug-likeness (QED) is 0.791. The van der Waals surface area contributed by atoms with Crippen molar-refractivity contribution in [3.8, 4) is 17.4 Å². The van der Waals surface area contributed by atoms with Crippen LogP contribution in [0, 0.1) is 0 Å². The first-order chi connectivity index (χ1) is 9.81. The number of pyridine rings is 1. The van der Waals surface area contributed by atoms with E-state index in [1.165, 1.54) is 0 Å². The van der Waals surface area contributed by atoms with Crippen LogP contribution in [0.2, 0.25) is 0 Å². The number of imidazole rings is 1. The zero-order valence-corrected chi connectivity index (χ0v) is 11.0. The minimum atomic E-state index is -0.148. The van der Waals surface area contributed by atoms with Gasteiger partial charge in [-0.1, -0.05) is 12.1 Å². The fourth-order valence-electron chi connectivity index (χ4n) is 2.03. The van der Waals surface area contributed by atoms with Gasteiger partial charge in [-0.2, -0.15) is 4.98 Å². The average molecular weight is 270 g/mol. The zero-order chi connectivity index (χ0) is 13.9. The van der Waals surface area contributed by atoms with Gasteiger partial charge in [0, 0.05) is 12.3 Å². The number of aliphatic hydroxyl groups excluding tert-OH is 1. The molecule has 1 aromatic carbocycles. The van der Waals surface area contributed by atoms with Crippen molar-refractivity contribution in [2.24, 2.45) is 0 Å². The maximum Gasteiger partial charge on any atom is 0.243 e. The van der Waals surface area contributed by atoms with Gasteiger partial charge in [0.2, 0.25) is 5.88 Å². The van der Waals surface area contributed by atoms with E-state index in [1.807, 2.05) is 42.6 Å². The number of benzene rings is 1. The highest BCUT2D eigenvalue weighted by Gasteiger charge is 2.13. The first-order valence-electron chi connectivity index (χ1n) is 6.20. The summed E-state index contributed by atoms with van der Waals surface area (Å²) in [7, 11) is 1.60. The second-order valence-corrected chi connectivity index (χ2v) is 4.23. The molecule has 0 aliphatic rings. The van der Waals surface area contributed by atoms with E-state index in [1.54, 1.807) is 17.6 Å². The fourth-order valence-corrected chi connectivity index (χ4v) is 2.03. The highest BCUT2D eigenvalue weighted by Crippen LogP contribution is 2.28. The molecule has 102 valence electrons. The Morgan fingerprint density at radius 1 is 1.15 bits per heavy atom. The van der Waals surface area contributed by atoms with Crippen molar-refractivity contribution in [3.05, 3.63) is 54.4 Å². The predicted octanol–water partition coefficient (Wildman–Crippen LogP) is 2.63. The predicted molar refractivity (Wildman–Crippen MR) is 74.2 cm³/mol. The first kappa shape index (κ1) is 12.5. The molecule has 20 heavy (non-hydrogen) atoms. The lowest BCUT2D eigenvalue weighted by Gasteiger charge is -2.06. The lowest BCUT2D eigenvalue weighted by atomic mass is 10.3. The summed E-state index contributed by atoms with van der Waals surface area (Å²) in [5.74, 6) is 1.71. The molecule has 0 amide bonds. The molecule has 5 heteroatoms. The van der Waals surface area contributed by atoms with Gasteiger partial charge < -0.3 is 14.6 Å². The number of fused-ring (bicyclic) bond motifs is 1. The van der Waals surface area contributed by atoms with Gasteiger partial charge in [0.15, 0.2) is 0 Å². The molecule has 1 N–H and O–H groups in total. The Labute approximate surface area is 116 Å². The van der Waals surface area contributed by atoms with Gasteiger partial charge in [0.1, 0.15) is 22.8 Å². The number of hydrogen-bond acceptors (Lipinski definition) is 4. The number of rotatable bonds is 4. The van der Waals surface area contributed by atoms with Gasteiger partial charge >= 0.3 is 0 Å². The van der Waals surface area contributed by atoms with Crippen LogP contribution in [0.5, 0.6) is 17.4 Å². The minimum absolute atomic E-state index is 0.148. The number of aromatic nitrogens is 2. The molecule has 0 aliphatic heterocycles. The standard InChI is InChI=1S/C15H14N2O3/c1-19-11-5-4-6-12(9-11)20-15-13(10-18)17-8-3-2-7-14(17)16-15/h2-9,18H,10H2,1H3. The van der Waals surface area contributed by atoms with Crippen LogP contribution < -0.4 is 9.47 Å². The smallest absolute Gasteiger partial charge is 0.243 e. The molecule has 0 aliphatic carbocycles. The molecule has 0 unspecified atom stereocenters. The van der Waals surface area contributed by atoms with E-state index in [-0.39, 0.29) is 6.61 Å². The molecule has 0 bridgehead atoms. The number of ether oxygens (including phenoxy) is 2. The summed E-state index contributed by atoms with van der Waals surface area (Å²) < 4.78 is 12.7. The molecule has 0 fully saturated rings. The van der Waals surface area contributed by atoms with Crippen molar-refractivity contribution in [3.63, 3.8) is 0 Å². The normalized spacial score (nSPS) is 10.7. The third-order valence-electron chi connectivity index (χ3n) is 3.00. The first-order valence-corrected chi connectivity index (χ1v) is 6.20. The van der Waals surface area contributed by atoms with Crippen LogP contribution in [0.4, 0.5) is 0 Å². The van der Waals surface area contributed by atoms with Crippen molar-refractivity contribution in [2.45, 2.75) is 6.61 Å². The highest BCUT2D eigenvalue weighted by atomic mass is 16.5. The average Bonchev–Trinajstić information content (AvgIpc) is 2.84. The summed E-state index contributed by atoms with van der Waals surface area (Å²) in [6, 6.07) is 12.9. The molecular weight excluding hydrogens is 256 g/mol. The van der Waals surface area contributed by atoms with Gasteiger partial charge in [-0.25, -0.2) is 0 Å². The molecule has 3 aromatic rings. The van der Waals surface area contributed by atoms with E-state index >= 15 is 0 Å². The minimum Gasteiger partial charge on any atom is -0.497 e. The number of methoxy groups -OCH3 is 1. The SMILES string of the molecule is COc1cccc(Oc2nc3ccccn3c2CO)c1. The summed E-state index contributed by atoms with van der Waals surface area (Å²) >= 11 is 0. The van der Waals surface area contributed by atoms with Crippen molar-refractivity contribution in [1.82, 2.24) is 9.38 Å². The summed E-state index contributed by atoms with van der Waals surface area (Å²) in [6.45, 7) is -0.148. The largest absolute Gasteiger partial charge is 0.497 e. The molecule has 0 radical (unpaired) electrons. The van der Waals surface area contributed by atoms with Gasteiger partial charge in [-0.05, 0) is 24.3 Å². The van der Waals surface area contributed by atoms with Crippen LogP contribution >= 0.6 is 0 Å². The molecule has 3 rings (SSSR count). The Morgan fingerprint density at radius 2 is 2.00 bits per heavy atom. The van der Waals surface area contributed by atoms with E-state index in [0.717, 1.165) is 5.65 Å². The van der Waals surface area contributed by atoms with Gasteiger partial charge in [0.25, 0.3) is 0 Å². The van der Waals surface area contributed by atoms with Crippen molar-refractivity contribution >= 4 is 5.65 Å². The number of nitrogens with zero attached hydrogens (tertiary/aromatic N) is 2. The van der Waals surface area contributed by atoms with Crippen LogP contribution in [0.3, 0.4) is 0 Å². The topological polar surface area (TPSA) is 56.0 Å².